The number of nitrogens with one attached hydrogen (secondary N) is 1. The molecule has 0 bridgehead atoms. The van der Waals surface area contributed by atoms with Crippen LogP contribution < -0.4 is 0 Å². The quantitative estimate of drug-likeness (QED) is 0.564. The molecule has 1 atom stereocenters. The van der Waals surface area contributed by atoms with Gasteiger partial charge in [0.1, 0.15) is 5.82 Å². The molecule has 0 aliphatic rings. The molecule has 3 rings (SSSR count). The molecule has 0 spiro atoms. The summed E-state index contributed by atoms with van der Waals surface area (Å²) in [6, 6.07) is 14.1. The lowest BCUT2D eigenvalue weighted by molar-refractivity contribution is -0.266. The molecule has 2 N–H and O–H groups in total. The van der Waals surface area contributed by atoms with Crippen LogP contribution in [0.5, 0.6) is 0 Å². The summed E-state index contributed by atoms with van der Waals surface area (Å²) in [5.74, 6) is -0.460. The Labute approximate surface area is 154 Å². The Hall–Kier alpha value is -2.34. The SMILES string of the molecule is CC(C)(CC(O)(Cc1cc2ccccc2[nH]1)C(F)(F)F)c1ccc(F)cc1. The second-order valence-corrected chi connectivity index (χ2v) is 7.66. The van der Waals surface area contributed by atoms with Crippen molar-refractivity contribution in [3.8, 4) is 0 Å². The van der Waals surface area contributed by atoms with E-state index in [1.54, 1.807) is 44.2 Å². The number of halogens is 4. The standard InChI is InChI=1S/C21H21F4NO/c1-19(2,15-7-9-16(22)10-8-15)13-20(27,21(23,24)25)12-17-11-14-5-3-4-6-18(14)26-17/h3-11,26-27H,12-13H2,1-2H3. The van der Waals surface area contributed by atoms with Crippen LogP contribution in [-0.4, -0.2) is 21.9 Å². The number of alkyl halides is 3. The van der Waals surface area contributed by atoms with Crippen molar-refractivity contribution in [1.29, 1.82) is 0 Å². The number of hydrogen-bond acceptors (Lipinski definition) is 1. The zero-order valence-corrected chi connectivity index (χ0v) is 15.1. The maximum atomic E-state index is 13.8. The highest BCUT2D eigenvalue weighted by Gasteiger charge is 2.56. The molecule has 0 aliphatic heterocycles. The molecular formula is C21H21F4NO. The van der Waals surface area contributed by atoms with Crippen LogP contribution in [0.4, 0.5) is 17.6 Å². The van der Waals surface area contributed by atoms with Gasteiger partial charge in [-0.05, 0) is 47.1 Å². The zero-order valence-electron chi connectivity index (χ0n) is 15.1. The van der Waals surface area contributed by atoms with Crippen LogP contribution in [0.25, 0.3) is 10.9 Å². The third-order valence-corrected chi connectivity index (χ3v) is 4.96. The first-order valence-corrected chi connectivity index (χ1v) is 8.62. The summed E-state index contributed by atoms with van der Waals surface area (Å²) in [7, 11) is 0. The maximum absolute atomic E-state index is 13.8. The topological polar surface area (TPSA) is 36.0 Å². The van der Waals surface area contributed by atoms with Gasteiger partial charge in [-0.2, -0.15) is 13.2 Å². The smallest absolute Gasteiger partial charge is 0.380 e. The maximum Gasteiger partial charge on any atom is 0.417 e. The van der Waals surface area contributed by atoms with Crippen LogP contribution in [0, 0.1) is 5.82 Å². The van der Waals surface area contributed by atoms with Crippen LogP contribution in [0.1, 0.15) is 31.5 Å². The minimum Gasteiger partial charge on any atom is -0.380 e. The number of hydrogen-bond donors (Lipinski definition) is 2. The Morgan fingerprint density at radius 2 is 1.59 bits per heavy atom. The van der Waals surface area contributed by atoms with E-state index >= 15 is 0 Å². The van der Waals surface area contributed by atoms with E-state index in [0.717, 1.165) is 10.9 Å². The first kappa shape index (κ1) is 19.4. The predicted molar refractivity (Wildman–Crippen MR) is 97.1 cm³/mol. The number of rotatable bonds is 5. The van der Waals surface area contributed by atoms with E-state index in [-0.39, 0.29) is 0 Å². The van der Waals surface area contributed by atoms with Gasteiger partial charge in [0.25, 0.3) is 0 Å². The van der Waals surface area contributed by atoms with Crippen LogP contribution in [0.3, 0.4) is 0 Å². The summed E-state index contributed by atoms with van der Waals surface area (Å²) in [6.07, 6.45) is -5.96. The van der Waals surface area contributed by atoms with E-state index in [0.29, 0.717) is 11.3 Å². The second-order valence-electron chi connectivity index (χ2n) is 7.66. The minimum atomic E-state index is -4.82. The number of para-hydroxylation sites is 1. The van der Waals surface area contributed by atoms with E-state index in [9.17, 15) is 22.7 Å². The van der Waals surface area contributed by atoms with Crippen LogP contribution in [0.2, 0.25) is 0 Å². The van der Waals surface area contributed by atoms with E-state index in [1.807, 2.05) is 0 Å². The van der Waals surface area contributed by atoms with Gasteiger partial charge in [0.05, 0.1) is 0 Å². The molecule has 0 amide bonds. The third-order valence-electron chi connectivity index (χ3n) is 4.96. The molecule has 2 aromatic carbocycles. The van der Waals surface area contributed by atoms with Crippen molar-refractivity contribution in [1.82, 2.24) is 4.98 Å². The zero-order chi connectivity index (χ0) is 19.9. The normalized spacial score (nSPS) is 15.1. The first-order valence-electron chi connectivity index (χ1n) is 8.62. The molecular weight excluding hydrogens is 358 g/mol. The van der Waals surface area contributed by atoms with Gasteiger partial charge in [-0.15, -0.1) is 0 Å². The van der Waals surface area contributed by atoms with Crippen molar-refractivity contribution in [3.05, 3.63) is 71.7 Å². The van der Waals surface area contributed by atoms with E-state index in [4.69, 9.17) is 0 Å². The third kappa shape index (κ3) is 4.00. The fourth-order valence-corrected chi connectivity index (χ4v) is 3.54. The van der Waals surface area contributed by atoms with Crippen LogP contribution in [0.15, 0.2) is 54.6 Å². The highest BCUT2D eigenvalue weighted by Crippen LogP contribution is 2.43. The molecule has 0 radical (unpaired) electrons. The van der Waals surface area contributed by atoms with Gasteiger partial charge < -0.3 is 10.1 Å². The summed E-state index contributed by atoms with van der Waals surface area (Å²) in [6.45, 7) is 3.23. The minimum absolute atomic E-state index is 0.311. The predicted octanol–water partition coefficient (Wildman–Crippen LogP) is 5.51. The van der Waals surface area contributed by atoms with Crippen molar-refractivity contribution in [2.24, 2.45) is 0 Å². The van der Waals surface area contributed by atoms with Gasteiger partial charge in [-0.25, -0.2) is 4.39 Å². The van der Waals surface area contributed by atoms with E-state index in [2.05, 4.69) is 4.98 Å². The van der Waals surface area contributed by atoms with Gasteiger partial charge in [0.2, 0.25) is 0 Å². The summed E-state index contributed by atoms with van der Waals surface area (Å²) < 4.78 is 54.7. The molecule has 0 aliphatic carbocycles. The van der Waals surface area contributed by atoms with Gasteiger partial charge in [-0.3, -0.25) is 0 Å². The van der Waals surface area contributed by atoms with Crippen molar-refractivity contribution in [2.75, 3.05) is 0 Å². The second kappa shape index (κ2) is 6.68. The number of H-pyrrole nitrogens is 1. The average Bonchev–Trinajstić information content (AvgIpc) is 2.95. The average molecular weight is 379 g/mol. The summed E-state index contributed by atoms with van der Waals surface area (Å²) >= 11 is 0. The number of aromatic nitrogens is 1. The number of aromatic amines is 1. The van der Waals surface area contributed by atoms with E-state index < -0.39 is 35.9 Å². The fourth-order valence-electron chi connectivity index (χ4n) is 3.54. The van der Waals surface area contributed by atoms with Crippen molar-refractivity contribution in [3.63, 3.8) is 0 Å². The number of aliphatic hydroxyl groups is 1. The molecule has 1 aromatic heterocycles. The summed E-state index contributed by atoms with van der Waals surface area (Å²) in [5, 5.41) is 11.4. The highest BCUT2D eigenvalue weighted by atomic mass is 19.4. The molecule has 27 heavy (non-hydrogen) atoms. The largest absolute Gasteiger partial charge is 0.417 e. The Bertz CT molecular complexity index is 894. The van der Waals surface area contributed by atoms with E-state index in [1.165, 1.54) is 24.3 Å². The lowest BCUT2D eigenvalue weighted by atomic mass is 9.73. The summed E-state index contributed by atoms with van der Waals surface area (Å²) in [5.41, 5.74) is -2.38. The van der Waals surface area contributed by atoms with Gasteiger partial charge in [0.15, 0.2) is 5.60 Å². The Kier molecular flexibility index (Phi) is 4.80. The Morgan fingerprint density at radius 3 is 2.19 bits per heavy atom. The van der Waals surface area contributed by atoms with Gasteiger partial charge in [-0.1, -0.05) is 44.2 Å². The lowest BCUT2D eigenvalue weighted by Gasteiger charge is -2.38. The lowest BCUT2D eigenvalue weighted by Crippen LogP contribution is -2.50. The van der Waals surface area contributed by atoms with Crippen molar-refractivity contribution in [2.45, 2.75) is 43.9 Å². The monoisotopic (exact) mass is 379 g/mol. The molecule has 144 valence electrons. The highest BCUT2D eigenvalue weighted by molar-refractivity contribution is 5.80. The number of benzene rings is 2. The molecule has 1 heterocycles. The number of fused-ring (bicyclic) bond motifs is 1. The molecule has 0 saturated heterocycles. The van der Waals surface area contributed by atoms with Crippen LogP contribution >= 0.6 is 0 Å². The molecule has 2 nitrogen and oxygen atoms in total. The Morgan fingerprint density at radius 1 is 0.963 bits per heavy atom. The molecule has 1 unspecified atom stereocenters. The molecule has 3 aromatic rings. The van der Waals surface area contributed by atoms with Crippen molar-refractivity contribution < 1.29 is 22.7 Å². The van der Waals surface area contributed by atoms with Gasteiger partial charge in [0, 0.05) is 17.6 Å². The molecule has 0 saturated carbocycles. The molecule has 6 heteroatoms. The van der Waals surface area contributed by atoms with Crippen molar-refractivity contribution >= 4 is 10.9 Å². The molecule has 0 fully saturated rings. The van der Waals surface area contributed by atoms with Gasteiger partial charge >= 0.3 is 6.18 Å². The fraction of sp³-hybridized carbons (Fsp3) is 0.333. The first-order chi connectivity index (χ1) is 12.5. The Balaban J connectivity index is 1.93. The van der Waals surface area contributed by atoms with Crippen LogP contribution in [-0.2, 0) is 11.8 Å². The summed E-state index contributed by atoms with van der Waals surface area (Å²) in [4.78, 5) is 2.95.